The van der Waals surface area contributed by atoms with Gasteiger partial charge in [0.15, 0.2) is 11.9 Å². The number of benzene rings is 3. The van der Waals surface area contributed by atoms with Gasteiger partial charge in [0.1, 0.15) is 12.2 Å². The summed E-state index contributed by atoms with van der Waals surface area (Å²) in [6.45, 7) is 2.58. The Morgan fingerprint density at radius 1 is 0.950 bits per heavy atom. The molecule has 0 atom stereocenters. The monoisotopic (exact) mass is 558 g/mol. The van der Waals surface area contributed by atoms with Gasteiger partial charge in [-0.05, 0) is 48.1 Å². The van der Waals surface area contributed by atoms with Crippen molar-refractivity contribution in [2.45, 2.75) is 51.5 Å². The van der Waals surface area contributed by atoms with Gasteiger partial charge >= 0.3 is 57.1 Å². The molecule has 1 aliphatic carbocycles. The quantitative estimate of drug-likeness (QED) is 0.201. The minimum absolute atomic E-state index is 0. The zero-order valence-corrected chi connectivity index (χ0v) is 25.9. The molecule has 0 amide bonds. The first-order chi connectivity index (χ1) is 19.1. The molecular weight excluding hydrogens is 529 g/mol. The van der Waals surface area contributed by atoms with Crippen molar-refractivity contribution >= 4 is 0 Å². The van der Waals surface area contributed by atoms with Gasteiger partial charge in [-0.15, -0.1) is 0 Å². The molecular formula is C31H29KN5O3+. The fourth-order valence-electron chi connectivity index (χ4n) is 4.91. The molecule has 0 N–H and O–H groups in total. The van der Waals surface area contributed by atoms with Crippen LogP contribution in [0.1, 0.15) is 55.7 Å². The molecule has 8 nitrogen and oxygen atoms in total. The van der Waals surface area contributed by atoms with Gasteiger partial charge in [-0.2, -0.15) is 14.3 Å². The van der Waals surface area contributed by atoms with Crippen molar-refractivity contribution in [3.8, 4) is 34.3 Å². The first-order valence-electron chi connectivity index (χ1n) is 13.4. The second kappa shape index (κ2) is 12.7. The van der Waals surface area contributed by atoms with Crippen molar-refractivity contribution in [3.63, 3.8) is 0 Å². The third-order valence-electron chi connectivity index (χ3n) is 7.10. The standard InChI is InChI=1S/C31H29N5O3.K/c1-2-3-13-27-32-29(23-18-19-23)36(24-9-5-4-6-10-24)31(38)35(27)20-21-14-16-22(17-15-21)25-11-7-8-12-26(25)28-33-30(37)39-34-28;/h4-12,14-17,23H,2-3,13,18-20H2,1H3;/q;+1. The summed E-state index contributed by atoms with van der Waals surface area (Å²) < 4.78 is 8.28. The summed E-state index contributed by atoms with van der Waals surface area (Å²) in [7, 11) is 0. The van der Waals surface area contributed by atoms with Crippen LogP contribution < -0.4 is 66.7 Å². The van der Waals surface area contributed by atoms with Gasteiger partial charge in [-0.3, -0.25) is 0 Å². The SMILES string of the molecule is CCCCc1nc(C2CC2)n(-c2ccccc2)c(=O)[n+]1Cc1ccc(-c2ccccc2-c2noc([O-])n2)cc1.[K+]. The maximum atomic E-state index is 14.0. The molecule has 1 aliphatic rings. The van der Waals surface area contributed by atoms with E-state index >= 15 is 0 Å². The molecule has 0 aliphatic heterocycles. The molecule has 3 aromatic carbocycles. The van der Waals surface area contributed by atoms with Gasteiger partial charge in [-0.1, -0.05) is 85.1 Å². The molecule has 2 aromatic heterocycles. The Bertz CT molecular complexity index is 1660. The van der Waals surface area contributed by atoms with Crippen LogP contribution in [0, 0.1) is 0 Å². The molecule has 40 heavy (non-hydrogen) atoms. The minimum atomic E-state index is -0.714. The van der Waals surface area contributed by atoms with E-state index in [0.29, 0.717) is 12.5 Å². The molecule has 2 heterocycles. The van der Waals surface area contributed by atoms with E-state index in [4.69, 9.17) is 4.98 Å². The summed E-state index contributed by atoms with van der Waals surface area (Å²) in [6, 6.07) is 25.5. The van der Waals surface area contributed by atoms with E-state index in [-0.39, 0.29) is 62.9 Å². The molecule has 0 unspecified atom stereocenters. The summed E-state index contributed by atoms with van der Waals surface area (Å²) in [5.74, 6) is 2.32. The Morgan fingerprint density at radius 2 is 1.65 bits per heavy atom. The van der Waals surface area contributed by atoms with Gasteiger partial charge in [0.25, 0.3) is 5.82 Å². The maximum Gasteiger partial charge on any atom is 1.00 e. The number of unbranched alkanes of at least 4 members (excludes halogenated alkanes) is 1. The van der Waals surface area contributed by atoms with E-state index in [9.17, 15) is 9.90 Å². The zero-order valence-electron chi connectivity index (χ0n) is 22.8. The number of nitrogens with zero attached hydrogens (tertiary/aromatic N) is 5. The van der Waals surface area contributed by atoms with Crippen molar-refractivity contribution in [2.24, 2.45) is 0 Å². The number of hydrogen-bond acceptors (Lipinski definition) is 6. The Morgan fingerprint density at radius 3 is 2.30 bits per heavy atom. The second-order valence-electron chi connectivity index (χ2n) is 9.93. The van der Waals surface area contributed by atoms with Crippen LogP contribution in [0.5, 0.6) is 6.08 Å². The van der Waals surface area contributed by atoms with Crippen molar-refractivity contribution < 1.29 is 65.6 Å². The molecule has 5 aromatic rings. The molecule has 6 rings (SSSR count). The fraction of sp³-hybridized carbons (Fsp3) is 0.258. The number of rotatable bonds is 9. The molecule has 0 spiro atoms. The average molecular weight is 559 g/mol. The maximum absolute atomic E-state index is 14.0. The zero-order chi connectivity index (χ0) is 26.8. The van der Waals surface area contributed by atoms with Gasteiger partial charge in [0.2, 0.25) is 5.82 Å². The topological polar surface area (TPSA) is 101 Å². The normalized spacial score (nSPS) is 12.7. The fourth-order valence-corrected chi connectivity index (χ4v) is 4.91. The molecule has 1 fully saturated rings. The molecule has 1 saturated carbocycles. The summed E-state index contributed by atoms with van der Waals surface area (Å²) in [4.78, 5) is 23.0. The van der Waals surface area contributed by atoms with Crippen LogP contribution in [0.3, 0.4) is 0 Å². The van der Waals surface area contributed by atoms with E-state index in [0.717, 1.165) is 71.7 Å². The smallest absolute Gasteiger partial charge is 0.528 e. The van der Waals surface area contributed by atoms with Crippen molar-refractivity contribution in [2.75, 3.05) is 0 Å². The van der Waals surface area contributed by atoms with E-state index in [1.54, 1.807) is 4.57 Å². The minimum Gasteiger partial charge on any atom is -0.528 e. The van der Waals surface area contributed by atoms with Crippen LogP contribution in [0.4, 0.5) is 0 Å². The van der Waals surface area contributed by atoms with Crippen molar-refractivity contribution in [1.29, 1.82) is 0 Å². The largest absolute Gasteiger partial charge is 1.00 e. The Kier molecular flexibility index (Phi) is 9.07. The average Bonchev–Trinajstić information content (AvgIpc) is 3.73. The first kappa shape index (κ1) is 28.6. The van der Waals surface area contributed by atoms with E-state index < -0.39 is 6.08 Å². The van der Waals surface area contributed by atoms with Crippen molar-refractivity contribution in [1.82, 2.24) is 19.7 Å². The van der Waals surface area contributed by atoms with E-state index in [2.05, 4.69) is 21.6 Å². The van der Waals surface area contributed by atoms with Gasteiger partial charge in [0.05, 0.1) is 0 Å². The third kappa shape index (κ3) is 6.03. The Labute approximate surface area is 275 Å². The van der Waals surface area contributed by atoms with Crippen LogP contribution in [-0.2, 0) is 13.0 Å². The van der Waals surface area contributed by atoms with Crippen LogP contribution in [-0.4, -0.2) is 19.7 Å². The third-order valence-corrected chi connectivity index (χ3v) is 7.10. The molecule has 0 radical (unpaired) electrons. The van der Waals surface area contributed by atoms with Gasteiger partial charge < -0.3 is 9.63 Å². The molecule has 9 heteroatoms. The van der Waals surface area contributed by atoms with Crippen LogP contribution in [0.15, 0.2) is 88.2 Å². The summed E-state index contributed by atoms with van der Waals surface area (Å²) in [5.41, 5.74) is 4.36. The van der Waals surface area contributed by atoms with E-state index in [1.165, 1.54) is 0 Å². The van der Waals surface area contributed by atoms with Gasteiger partial charge in [-0.25, -0.2) is 9.78 Å². The molecule has 196 valence electrons. The number of hydrogen-bond donors (Lipinski definition) is 0. The van der Waals surface area contributed by atoms with Gasteiger partial charge in [0, 0.05) is 17.9 Å². The molecule has 0 bridgehead atoms. The predicted molar refractivity (Wildman–Crippen MR) is 144 cm³/mol. The summed E-state index contributed by atoms with van der Waals surface area (Å²) in [6.07, 6.45) is 4.19. The predicted octanol–water partition coefficient (Wildman–Crippen LogP) is 1.58. The van der Waals surface area contributed by atoms with Crippen LogP contribution in [0.2, 0.25) is 0 Å². The van der Waals surface area contributed by atoms with Crippen LogP contribution >= 0.6 is 0 Å². The Balaban J connectivity index is 0.00000323. The first-order valence-corrected chi connectivity index (χ1v) is 13.4. The Hall–Kier alpha value is -2.95. The second-order valence-corrected chi connectivity index (χ2v) is 9.93. The summed E-state index contributed by atoms with van der Waals surface area (Å²) >= 11 is 0. The number of aryl methyl sites for hydroxylation is 1. The number of aromatic nitrogens is 5. The van der Waals surface area contributed by atoms with E-state index in [1.807, 2.05) is 83.4 Å². The van der Waals surface area contributed by atoms with Crippen molar-refractivity contribution in [3.05, 3.63) is 107 Å². The summed E-state index contributed by atoms with van der Waals surface area (Å²) in [5, 5.41) is 15.3. The number of para-hydroxylation sites is 1. The van der Waals surface area contributed by atoms with Crippen LogP contribution in [0.25, 0.3) is 28.2 Å². The molecule has 0 saturated heterocycles.